The first-order chi connectivity index (χ1) is 14.1. The number of rotatable bonds is 5. The zero-order valence-corrected chi connectivity index (χ0v) is 19.0. The van der Waals surface area contributed by atoms with E-state index in [2.05, 4.69) is 0 Å². The molecule has 2 fully saturated rings. The number of urea groups is 1. The van der Waals surface area contributed by atoms with E-state index in [4.69, 9.17) is 0 Å². The molecule has 1 aromatic carbocycles. The quantitative estimate of drug-likeness (QED) is 0.695. The molecule has 0 saturated carbocycles. The Bertz CT molecular complexity index is 810. The lowest BCUT2D eigenvalue weighted by molar-refractivity contribution is -0.143. The number of hydrogen-bond acceptors (Lipinski definition) is 4. The van der Waals surface area contributed by atoms with Crippen LogP contribution in [0.5, 0.6) is 0 Å². The number of hydrogen-bond donors (Lipinski definition) is 0. The van der Waals surface area contributed by atoms with Gasteiger partial charge < -0.3 is 9.80 Å². The Labute approximate surface area is 179 Å². The van der Waals surface area contributed by atoms with Crippen LogP contribution in [0, 0.1) is 12.8 Å². The van der Waals surface area contributed by atoms with Crippen molar-refractivity contribution in [3.05, 3.63) is 35.4 Å². The van der Waals surface area contributed by atoms with E-state index in [-0.39, 0.29) is 29.8 Å². The van der Waals surface area contributed by atoms with Gasteiger partial charge in [0.15, 0.2) is 0 Å². The number of likely N-dealkylation sites (tertiary alicyclic amines) is 1. The van der Waals surface area contributed by atoms with Crippen molar-refractivity contribution in [1.82, 2.24) is 19.6 Å². The van der Waals surface area contributed by atoms with E-state index in [1.807, 2.05) is 68.9 Å². The molecule has 2 heterocycles. The third-order valence-electron chi connectivity index (χ3n) is 6.33. The fourth-order valence-electron chi connectivity index (χ4n) is 4.66. The van der Waals surface area contributed by atoms with E-state index >= 15 is 0 Å². The number of carbonyl (C=O) groups is 3. The second-order valence-electron chi connectivity index (χ2n) is 9.28. The number of amides is 4. The van der Waals surface area contributed by atoms with Crippen molar-refractivity contribution in [3.63, 3.8) is 0 Å². The highest BCUT2D eigenvalue weighted by molar-refractivity contribution is 6.07. The Balaban J connectivity index is 1.79. The molecule has 4 amide bonds. The van der Waals surface area contributed by atoms with Crippen LogP contribution in [0.3, 0.4) is 0 Å². The Kier molecular flexibility index (Phi) is 6.22. The minimum atomic E-state index is -0.815. The summed E-state index contributed by atoms with van der Waals surface area (Å²) in [5.41, 5.74) is 1.30. The maximum atomic E-state index is 13.4. The Morgan fingerprint density at radius 2 is 1.67 bits per heavy atom. The summed E-state index contributed by atoms with van der Waals surface area (Å²) in [7, 11) is 5.38. The number of benzene rings is 1. The molecule has 0 radical (unpaired) electrons. The van der Waals surface area contributed by atoms with Crippen molar-refractivity contribution in [2.45, 2.75) is 45.2 Å². The van der Waals surface area contributed by atoms with Crippen LogP contribution in [0.25, 0.3) is 0 Å². The first-order valence-corrected chi connectivity index (χ1v) is 10.7. The van der Waals surface area contributed by atoms with Gasteiger partial charge in [0, 0.05) is 26.7 Å². The molecule has 0 N–H and O–H groups in total. The zero-order chi connectivity index (χ0) is 22.2. The molecule has 7 nitrogen and oxygen atoms in total. The molecule has 164 valence electrons. The van der Waals surface area contributed by atoms with Gasteiger partial charge in [0.1, 0.15) is 11.6 Å². The van der Waals surface area contributed by atoms with Crippen molar-refractivity contribution < 1.29 is 14.4 Å². The molecule has 2 aliphatic rings. The van der Waals surface area contributed by atoms with Gasteiger partial charge >= 0.3 is 6.03 Å². The van der Waals surface area contributed by atoms with Crippen LogP contribution in [-0.2, 0) is 9.59 Å². The lowest BCUT2D eigenvalue weighted by Crippen LogP contribution is -2.58. The van der Waals surface area contributed by atoms with Gasteiger partial charge in [-0.05, 0) is 45.3 Å². The normalized spacial score (nSPS) is 20.1. The van der Waals surface area contributed by atoms with E-state index in [0.29, 0.717) is 32.5 Å². The second kappa shape index (κ2) is 8.38. The van der Waals surface area contributed by atoms with Gasteiger partial charge in [0.25, 0.3) is 5.91 Å². The van der Waals surface area contributed by atoms with Crippen molar-refractivity contribution in [2.75, 3.05) is 40.8 Å². The van der Waals surface area contributed by atoms with Crippen LogP contribution in [0.15, 0.2) is 24.3 Å². The van der Waals surface area contributed by atoms with E-state index in [1.54, 1.807) is 11.9 Å². The molecule has 3 rings (SSSR count). The Morgan fingerprint density at radius 1 is 1.10 bits per heavy atom. The highest BCUT2D eigenvalue weighted by atomic mass is 16.2. The summed E-state index contributed by atoms with van der Waals surface area (Å²) in [5, 5.41) is 0. The molecule has 0 aliphatic carbocycles. The van der Waals surface area contributed by atoms with Gasteiger partial charge in [-0.1, -0.05) is 43.7 Å². The Morgan fingerprint density at radius 3 is 2.17 bits per heavy atom. The van der Waals surface area contributed by atoms with Crippen molar-refractivity contribution >= 4 is 17.8 Å². The van der Waals surface area contributed by atoms with Crippen LogP contribution in [0.4, 0.5) is 4.79 Å². The molecule has 1 atom stereocenters. The summed E-state index contributed by atoms with van der Waals surface area (Å²) in [6.45, 7) is 7.61. The van der Waals surface area contributed by atoms with E-state index in [1.165, 1.54) is 4.90 Å². The topological polar surface area (TPSA) is 64.2 Å². The van der Waals surface area contributed by atoms with Gasteiger partial charge in [-0.15, -0.1) is 0 Å². The minimum Gasteiger partial charge on any atom is -0.341 e. The van der Waals surface area contributed by atoms with Crippen molar-refractivity contribution in [2.24, 2.45) is 5.92 Å². The SMILES string of the molecule is Cc1ccc(C(C(=O)N2CCC3(CC2)C(=O)N(C)C(=O)N3CC(C)C)N(C)C)cc1. The largest absolute Gasteiger partial charge is 0.341 e. The molecule has 0 bridgehead atoms. The molecule has 1 spiro atoms. The zero-order valence-electron chi connectivity index (χ0n) is 19.0. The molecule has 1 aromatic rings. The van der Waals surface area contributed by atoms with Crippen molar-refractivity contribution in [3.8, 4) is 0 Å². The number of imide groups is 1. The molecular weight excluding hydrogens is 380 g/mol. The predicted octanol–water partition coefficient (Wildman–Crippen LogP) is 2.51. The maximum absolute atomic E-state index is 13.4. The molecular formula is C23H34N4O3. The summed E-state index contributed by atoms with van der Waals surface area (Å²) in [6.07, 6.45) is 0.961. The average molecular weight is 415 g/mol. The highest BCUT2D eigenvalue weighted by Crippen LogP contribution is 2.38. The molecule has 1 unspecified atom stereocenters. The summed E-state index contributed by atoms with van der Waals surface area (Å²) >= 11 is 0. The third-order valence-corrected chi connectivity index (χ3v) is 6.33. The van der Waals surface area contributed by atoms with E-state index in [9.17, 15) is 14.4 Å². The summed E-state index contributed by atoms with van der Waals surface area (Å²) in [6, 6.07) is 7.46. The lowest BCUT2D eigenvalue weighted by atomic mass is 9.85. The molecule has 2 saturated heterocycles. The van der Waals surface area contributed by atoms with Crippen LogP contribution < -0.4 is 0 Å². The van der Waals surface area contributed by atoms with Gasteiger partial charge in [-0.2, -0.15) is 0 Å². The van der Waals surface area contributed by atoms with Crippen LogP contribution in [-0.4, -0.2) is 83.8 Å². The monoisotopic (exact) mass is 414 g/mol. The number of aryl methyl sites for hydroxylation is 1. The molecule has 7 heteroatoms. The second-order valence-corrected chi connectivity index (χ2v) is 9.28. The summed E-state index contributed by atoms with van der Waals surface area (Å²) in [4.78, 5) is 45.9. The first kappa shape index (κ1) is 22.3. The fraction of sp³-hybridized carbons (Fsp3) is 0.609. The van der Waals surface area contributed by atoms with Crippen molar-refractivity contribution in [1.29, 1.82) is 0 Å². The Hall–Kier alpha value is -2.41. The molecule has 30 heavy (non-hydrogen) atoms. The fourth-order valence-corrected chi connectivity index (χ4v) is 4.66. The maximum Gasteiger partial charge on any atom is 0.327 e. The van der Waals surface area contributed by atoms with E-state index < -0.39 is 5.54 Å². The van der Waals surface area contributed by atoms with Crippen LogP contribution >= 0.6 is 0 Å². The van der Waals surface area contributed by atoms with Gasteiger partial charge in [0.05, 0.1) is 0 Å². The number of piperidine rings is 1. The number of carbonyl (C=O) groups excluding carboxylic acids is 3. The van der Waals surface area contributed by atoms with Gasteiger partial charge in [0.2, 0.25) is 5.91 Å². The minimum absolute atomic E-state index is 0.0410. The van der Waals surface area contributed by atoms with Gasteiger partial charge in [-0.25, -0.2) is 4.79 Å². The number of nitrogens with zero attached hydrogens (tertiary/aromatic N) is 4. The summed E-state index contributed by atoms with van der Waals surface area (Å²) in [5.74, 6) is 0.173. The van der Waals surface area contributed by atoms with Gasteiger partial charge in [-0.3, -0.25) is 19.4 Å². The first-order valence-electron chi connectivity index (χ1n) is 10.7. The van der Waals surface area contributed by atoms with Crippen LogP contribution in [0.1, 0.15) is 43.9 Å². The standard InChI is InChI=1S/C23H34N4O3/c1-16(2)15-27-22(30)25(6)21(29)23(27)11-13-26(14-12-23)20(28)19(24(4)5)18-9-7-17(3)8-10-18/h7-10,16,19H,11-15H2,1-6H3. The third kappa shape index (κ3) is 3.83. The molecule has 2 aliphatic heterocycles. The predicted molar refractivity (Wildman–Crippen MR) is 116 cm³/mol. The average Bonchev–Trinajstić information content (AvgIpc) is 2.86. The summed E-state index contributed by atoms with van der Waals surface area (Å²) < 4.78 is 0. The number of likely N-dealkylation sites (N-methyl/N-ethyl adjacent to an activating group) is 2. The van der Waals surface area contributed by atoms with Crippen LogP contribution in [0.2, 0.25) is 0 Å². The highest BCUT2D eigenvalue weighted by Gasteiger charge is 2.57. The van der Waals surface area contributed by atoms with E-state index in [0.717, 1.165) is 11.1 Å². The molecule has 0 aromatic heterocycles. The lowest BCUT2D eigenvalue weighted by Gasteiger charge is -2.43. The smallest absolute Gasteiger partial charge is 0.327 e.